The van der Waals surface area contributed by atoms with E-state index in [0.717, 1.165) is 0 Å². The van der Waals surface area contributed by atoms with Crippen LogP contribution in [0.15, 0.2) is 0 Å². The minimum Gasteiger partial charge on any atom is -0.258 e. The normalized spacial score (nSPS) is 12.1. The Hall–Kier alpha value is -1.29. The second-order valence-electron chi connectivity index (χ2n) is 3.54. The van der Waals surface area contributed by atoms with E-state index in [2.05, 4.69) is 5.10 Å². The van der Waals surface area contributed by atoms with Gasteiger partial charge < -0.3 is 0 Å². The molecule has 0 fully saturated rings. The molecule has 0 saturated heterocycles. The minimum atomic E-state index is -3.36. The predicted octanol–water partition coefficient (Wildman–Crippen LogP) is 1.82. The molecule has 0 aromatic carbocycles. The summed E-state index contributed by atoms with van der Waals surface area (Å²) in [6.45, 7) is 1.11. The molecule has 1 aromatic heterocycles. The maximum absolute atomic E-state index is 12.6. The molecule has 0 bridgehead atoms. The van der Waals surface area contributed by atoms with E-state index in [-0.39, 0.29) is 18.1 Å². The molecule has 0 spiro atoms. The summed E-state index contributed by atoms with van der Waals surface area (Å²) in [7, 11) is -3.36. The molecule has 1 aromatic rings. The molecule has 0 radical (unpaired) electrons. The van der Waals surface area contributed by atoms with Crippen molar-refractivity contribution in [2.24, 2.45) is 0 Å². The van der Waals surface area contributed by atoms with Crippen LogP contribution in [-0.4, -0.2) is 34.6 Å². The molecular formula is C8H10ClF2N3O4S. The molecule has 0 saturated carbocycles. The number of nitrogens with zero attached hydrogens (tertiary/aromatic N) is 3. The van der Waals surface area contributed by atoms with Crippen molar-refractivity contribution in [2.45, 2.75) is 19.9 Å². The largest absolute Gasteiger partial charge is 0.334 e. The summed E-state index contributed by atoms with van der Waals surface area (Å²) in [5.74, 6) is -0.513. The zero-order valence-electron chi connectivity index (χ0n) is 9.72. The molecule has 19 heavy (non-hydrogen) atoms. The van der Waals surface area contributed by atoms with E-state index in [9.17, 15) is 27.3 Å². The van der Waals surface area contributed by atoms with E-state index in [1.165, 1.54) is 6.92 Å². The number of aromatic nitrogens is 2. The minimum absolute atomic E-state index is 0.129. The molecule has 0 amide bonds. The molecule has 0 atom stereocenters. The lowest BCUT2D eigenvalue weighted by Crippen LogP contribution is -2.15. The zero-order valence-corrected chi connectivity index (χ0v) is 11.3. The monoisotopic (exact) mass is 317 g/mol. The quantitative estimate of drug-likeness (QED) is 0.589. The van der Waals surface area contributed by atoms with Gasteiger partial charge in [0.2, 0.25) is 10.8 Å². The van der Waals surface area contributed by atoms with Gasteiger partial charge in [0.05, 0.1) is 17.2 Å². The van der Waals surface area contributed by atoms with Crippen LogP contribution >= 0.6 is 11.6 Å². The van der Waals surface area contributed by atoms with Crippen LogP contribution in [0.4, 0.5) is 14.5 Å². The smallest absolute Gasteiger partial charge is 0.258 e. The van der Waals surface area contributed by atoms with E-state index in [1.807, 2.05) is 0 Å². The van der Waals surface area contributed by atoms with Gasteiger partial charge in [-0.2, -0.15) is 5.10 Å². The summed E-state index contributed by atoms with van der Waals surface area (Å²) in [4.78, 5) is 9.57. The molecule has 0 aliphatic heterocycles. The predicted molar refractivity (Wildman–Crippen MR) is 63.2 cm³/mol. The molecule has 1 heterocycles. The van der Waals surface area contributed by atoms with Crippen molar-refractivity contribution in [1.29, 1.82) is 0 Å². The Morgan fingerprint density at radius 1 is 1.53 bits per heavy atom. The van der Waals surface area contributed by atoms with Crippen LogP contribution in [0.3, 0.4) is 0 Å². The number of hydrogen-bond acceptors (Lipinski definition) is 5. The third-order valence-electron chi connectivity index (χ3n) is 2.34. The van der Waals surface area contributed by atoms with Crippen molar-refractivity contribution < 1.29 is 22.1 Å². The van der Waals surface area contributed by atoms with E-state index >= 15 is 0 Å². The van der Waals surface area contributed by atoms with Gasteiger partial charge in [-0.3, -0.25) is 10.1 Å². The van der Waals surface area contributed by atoms with Gasteiger partial charge in [0.1, 0.15) is 0 Å². The van der Waals surface area contributed by atoms with E-state index in [1.54, 1.807) is 0 Å². The van der Waals surface area contributed by atoms with Crippen molar-refractivity contribution in [1.82, 2.24) is 9.78 Å². The molecule has 0 aliphatic rings. The summed E-state index contributed by atoms with van der Waals surface area (Å²) < 4.78 is 48.4. The summed E-state index contributed by atoms with van der Waals surface area (Å²) in [5.41, 5.74) is -2.06. The average molecular weight is 318 g/mol. The standard InChI is InChI=1S/C8H10ClF2N3O4S/c1-2-19(17,18)4-3-13-7(9)6(14(15)16)5(12-13)8(10)11/h8H,2-4H2,1H3. The molecule has 108 valence electrons. The van der Waals surface area contributed by atoms with Crippen LogP contribution < -0.4 is 0 Å². The van der Waals surface area contributed by atoms with Crippen LogP contribution in [0.2, 0.25) is 5.15 Å². The maximum atomic E-state index is 12.6. The van der Waals surface area contributed by atoms with Gasteiger partial charge in [0.15, 0.2) is 9.84 Å². The molecule has 0 unspecified atom stereocenters. The third-order valence-corrected chi connectivity index (χ3v) is 4.39. The molecular weight excluding hydrogens is 308 g/mol. The first kappa shape index (κ1) is 15.8. The SMILES string of the molecule is CCS(=O)(=O)CCn1nc(C(F)F)c([N+](=O)[O-])c1Cl. The fourth-order valence-corrected chi connectivity index (χ4v) is 2.31. The van der Waals surface area contributed by atoms with Crippen molar-refractivity contribution in [3.63, 3.8) is 0 Å². The second-order valence-corrected chi connectivity index (χ2v) is 6.37. The van der Waals surface area contributed by atoms with Crippen LogP contribution in [0, 0.1) is 10.1 Å². The maximum Gasteiger partial charge on any atom is 0.334 e. The van der Waals surface area contributed by atoms with Gasteiger partial charge in [-0.15, -0.1) is 0 Å². The highest BCUT2D eigenvalue weighted by Crippen LogP contribution is 2.34. The Morgan fingerprint density at radius 2 is 2.11 bits per heavy atom. The number of hydrogen-bond donors (Lipinski definition) is 0. The van der Waals surface area contributed by atoms with Crippen LogP contribution in [0.5, 0.6) is 0 Å². The first-order valence-corrected chi connectivity index (χ1v) is 7.28. The van der Waals surface area contributed by atoms with Gasteiger partial charge in [0, 0.05) is 5.75 Å². The van der Waals surface area contributed by atoms with Crippen LogP contribution in [-0.2, 0) is 16.4 Å². The van der Waals surface area contributed by atoms with Gasteiger partial charge >= 0.3 is 5.69 Å². The topological polar surface area (TPSA) is 95.1 Å². The van der Waals surface area contributed by atoms with Crippen LogP contribution in [0.25, 0.3) is 0 Å². The first-order chi connectivity index (χ1) is 8.69. The zero-order chi connectivity index (χ0) is 14.8. The molecule has 11 heteroatoms. The number of sulfone groups is 1. The van der Waals surface area contributed by atoms with E-state index < -0.39 is 37.7 Å². The Labute approximate surface area is 112 Å². The van der Waals surface area contributed by atoms with Crippen molar-refractivity contribution in [3.05, 3.63) is 21.0 Å². The lowest BCUT2D eigenvalue weighted by molar-refractivity contribution is -0.386. The number of rotatable bonds is 6. The first-order valence-electron chi connectivity index (χ1n) is 5.08. The van der Waals surface area contributed by atoms with E-state index in [0.29, 0.717) is 4.68 Å². The van der Waals surface area contributed by atoms with Crippen molar-refractivity contribution in [3.8, 4) is 0 Å². The summed E-state index contributed by atoms with van der Waals surface area (Å²) >= 11 is 5.57. The lowest BCUT2D eigenvalue weighted by Gasteiger charge is -2.02. The van der Waals surface area contributed by atoms with E-state index in [4.69, 9.17) is 11.6 Å². The summed E-state index contributed by atoms with van der Waals surface area (Å²) in [6.07, 6.45) is -3.16. The molecule has 7 nitrogen and oxygen atoms in total. The van der Waals surface area contributed by atoms with Crippen LogP contribution in [0.1, 0.15) is 19.0 Å². The Bertz CT molecular complexity index is 587. The van der Waals surface area contributed by atoms with Crippen molar-refractivity contribution >= 4 is 27.1 Å². The number of aryl methyl sites for hydroxylation is 1. The second kappa shape index (κ2) is 5.78. The average Bonchev–Trinajstić information content (AvgIpc) is 2.64. The molecule has 0 N–H and O–H groups in total. The fourth-order valence-electron chi connectivity index (χ4n) is 1.28. The third kappa shape index (κ3) is 3.60. The van der Waals surface area contributed by atoms with Gasteiger partial charge in [-0.1, -0.05) is 18.5 Å². The number of halogens is 3. The molecule has 0 aliphatic carbocycles. The number of alkyl halides is 2. The van der Waals surface area contributed by atoms with Gasteiger partial charge in [-0.05, 0) is 0 Å². The summed E-state index contributed by atoms with van der Waals surface area (Å²) in [6, 6.07) is 0. The molecule has 1 rings (SSSR count). The highest BCUT2D eigenvalue weighted by molar-refractivity contribution is 7.91. The van der Waals surface area contributed by atoms with Gasteiger partial charge in [0.25, 0.3) is 6.43 Å². The fraction of sp³-hybridized carbons (Fsp3) is 0.625. The highest BCUT2D eigenvalue weighted by Gasteiger charge is 2.32. The Balaban J connectivity index is 3.11. The lowest BCUT2D eigenvalue weighted by atomic mass is 10.4. The summed E-state index contributed by atoms with van der Waals surface area (Å²) in [5, 5.41) is 13.3. The Morgan fingerprint density at radius 3 is 2.47 bits per heavy atom. The number of nitro groups is 1. The highest BCUT2D eigenvalue weighted by atomic mass is 35.5. The van der Waals surface area contributed by atoms with Crippen molar-refractivity contribution in [2.75, 3.05) is 11.5 Å². The Kier molecular flexibility index (Phi) is 4.80. The van der Waals surface area contributed by atoms with Gasteiger partial charge in [-0.25, -0.2) is 21.9 Å².